The molecule has 2 atom stereocenters. The van der Waals surface area contributed by atoms with Gasteiger partial charge in [-0.3, -0.25) is 0 Å². The second-order valence-corrected chi connectivity index (χ2v) is 5.17. The molecule has 0 radical (unpaired) electrons. The molecule has 110 valence electrons. The Labute approximate surface area is 114 Å². The van der Waals surface area contributed by atoms with Crippen LogP contribution in [0.25, 0.3) is 0 Å². The summed E-state index contributed by atoms with van der Waals surface area (Å²) in [6.45, 7) is 4.47. The van der Waals surface area contributed by atoms with Crippen LogP contribution in [0.1, 0.15) is 26.7 Å². The number of likely N-dealkylation sites (N-methyl/N-ethyl adjacent to an activating group) is 1. The van der Waals surface area contributed by atoms with Crippen molar-refractivity contribution in [3.05, 3.63) is 0 Å². The number of carboxylic acid groups (broad SMARTS) is 1. The molecule has 0 aromatic carbocycles. The van der Waals surface area contributed by atoms with Crippen molar-refractivity contribution in [1.82, 2.24) is 9.80 Å². The molecular formula is C13H24N2O4. The van der Waals surface area contributed by atoms with Gasteiger partial charge in [-0.05, 0) is 32.6 Å². The van der Waals surface area contributed by atoms with Gasteiger partial charge < -0.3 is 19.6 Å². The highest BCUT2D eigenvalue weighted by molar-refractivity contribution is 5.82. The fraction of sp³-hybridized carbons (Fsp3) is 0.846. The highest BCUT2D eigenvalue weighted by Crippen LogP contribution is 2.35. The van der Waals surface area contributed by atoms with Gasteiger partial charge in [0.25, 0.3) is 0 Å². The van der Waals surface area contributed by atoms with Crippen LogP contribution in [0, 0.1) is 5.92 Å². The Morgan fingerprint density at radius 2 is 1.95 bits per heavy atom. The predicted molar refractivity (Wildman–Crippen MR) is 71.0 cm³/mol. The Balaban J connectivity index is 2.71. The quantitative estimate of drug-likeness (QED) is 0.757. The Bertz CT molecular complexity index is 331. The lowest BCUT2D eigenvalue weighted by molar-refractivity contribution is -0.141. The van der Waals surface area contributed by atoms with Crippen LogP contribution in [0.5, 0.6) is 0 Å². The molecule has 1 aliphatic rings. The van der Waals surface area contributed by atoms with E-state index < -0.39 is 12.0 Å². The maximum absolute atomic E-state index is 12.4. The minimum atomic E-state index is -0.999. The van der Waals surface area contributed by atoms with Crippen molar-refractivity contribution in [3.63, 3.8) is 0 Å². The van der Waals surface area contributed by atoms with E-state index in [0.29, 0.717) is 19.1 Å². The third kappa shape index (κ3) is 4.09. The van der Waals surface area contributed by atoms with Crippen molar-refractivity contribution in [2.75, 3.05) is 27.3 Å². The van der Waals surface area contributed by atoms with Crippen molar-refractivity contribution >= 4 is 12.0 Å². The lowest BCUT2D eigenvalue weighted by atomic mass is 10.2. The van der Waals surface area contributed by atoms with E-state index >= 15 is 0 Å². The molecule has 0 spiro atoms. The molecule has 0 aliphatic heterocycles. The third-order valence-electron chi connectivity index (χ3n) is 3.82. The van der Waals surface area contributed by atoms with Gasteiger partial charge in [-0.2, -0.15) is 0 Å². The summed E-state index contributed by atoms with van der Waals surface area (Å²) in [5.74, 6) is -0.462. The molecule has 0 aromatic rings. The maximum atomic E-state index is 12.4. The minimum Gasteiger partial charge on any atom is -0.480 e. The third-order valence-corrected chi connectivity index (χ3v) is 3.82. The van der Waals surface area contributed by atoms with Crippen molar-refractivity contribution in [2.24, 2.45) is 5.92 Å². The number of carboxylic acids is 1. The zero-order chi connectivity index (χ0) is 14.6. The summed E-state index contributed by atoms with van der Waals surface area (Å²) in [4.78, 5) is 26.4. The van der Waals surface area contributed by atoms with Gasteiger partial charge in [0.1, 0.15) is 6.04 Å². The van der Waals surface area contributed by atoms with Crippen LogP contribution < -0.4 is 0 Å². The lowest BCUT2D eigenvalue weighted by Gasteiger charge is -2.34. The second-order valence-electron chi connectivity index (χ2n) is 5.17. The highest BCUT2D eigenvalue weighted by atomic mass is 16.5. The van der Waals surface area contributed by atoms with Gasteiger partial charge in [0.05, 0.1) is 6.61 Å². The normalized spacial score (nSPS) is 17.7. The zero-order valence-electron chi connectivity index (χ0n) is 12.1. The van der Waals surface area contributed by atoms with Gasteiger partial charge in [0.15, 0.2) is 0 Å². The predicted octanol–water partition coefficient (Wildman–Crippen LogP) is 1.26. The summed E-state index contributed by atoms with van der Waals surface area (Å²) < 4.78 is 5.03. The first-order valence-corrected chi connectivity index (χ1v) is 6.65. The summed E-state index contributed by atoms with van der Waals surface area (Å²) in [6.07, 6.45) is 2.27. The number of aliphatic carboxylic acids is 1. The summed E-state index contributed by atoms with van der Waals surface area (Å²) in [5, 5.41) is 8.98. The van der Waals surface area contributed by atoms with Crippen LogP contribution in [0.2, 0.25) is 0 Å². The number of methoxy groups -OCH3 is 1. The van der Waals surface area contributed by atoms with Crippen LogP contribution in [-0.2, 0) is 9.53 Å². The first-order valence-electron chi connectivity index (χ1n) is 6.65. The molecule has 0 saturated heterocycles. The van der Waals surface area contributed by atoms with Gasteiger partial charge in [0.2, 0.25) is 0 Å². The molecule has 1 saturated carbocycles. The molecule has 0 bridgehead atoms. The maximum Gasteiger partial charge on any atom is 0.326 e. The van der Waals surface area contributed by atoms with E-state index in [1.165, 1.54) is 18.9 Å². The number of carbonyl (C=O) groups is 2. The van der Waals surface area contributed by atoms with Crippen LogP contribution in [0.4, 0.5) is 4.79 Å². The summed E-state index contributed by atoms with van der Waals surface area (Å²) in [6, 6.07) is -0.943. The van der Waals surface area contributed by atoms with Crippen molar-refractivity contribution < 1.29 is 19.4 Å². The number of carbonyl (C=O) groups excluding carboxylic acids is 1. The number of ether oxygens (including phenoxy) is 1. The average molecular weight is 272 g/mol. The topological polar surface area (TPSA) is 70.1 Å². The molecular weight excluding hydrogens is 248 g/mol. The number of amides is 2. The Hall–Kier alpha value is -1.30. The first-order chi connectivity index (χ1) is 8.90. The van der Waals surface area contributed by atoms with Crippen molar-refractivity contribution in [2.45, 2.75) is 38.8 Å². The number of urea groups is 1. The largest absolute Gasteiger partial charge is 0.480 e. The van der Waals surface area contributed by atoms with Crippen LogP contribution >= 0.6 is 0 Å². The SMILES string of the molecule is COCCN(C(=O)N(C)C(C)C(=O)O)C(C)C1CC1. The number of nitrogens with zero attached hydrogens (tertiary/aromatic N) is 2. The lowest BCUT2D eigenvalue weighted by Crippen LogP contribution is -2.52. The fourth-order valence-electron chi connectivity index (χ4n) is 2.03. The smallest absolute Gasteiger partial charge is 0.326 e. The Kier molecular flexibility index (Phi) is 5.60. The van der Waals surface area contributed by atoms with Crippen molar-refractivity contribution in [3.8, 4) is 0 Å². The molecule has 6 nitrogen and oxygen atoms in total. The van der Waals surface area contributed by atoms with Crippen LogP contribution in [-0.4, -0.2) is 66.3 Å². The van der Waals surface area contributed by atoms with Gasteiger partial charge in [-0.15, -0.1) is 0 Å². The monoisotopic (exact) mass is 272 g/mol. The van der Waals surface area contributed by atoms with Gasteiger partial charge in [0, 0.05) is 26.7 Å². The van der Waals surface area contributed by atoms with E-state index in [9.17, 15) is 9.59 Å². The molecule has 6 heteroatoms. The molecule has 1 aliphatic carbocycles. The van der Waals surface area contributed by atoms with Gasteiger partial charge in [-0.1, -0.05) is 0 Å². The minimum absolute atomic E-state index is 0.131. The summed E-state index contributed by atoms with van der Waals surface area (Å²) >= 11 is 0. The summed E-state index contributed by atoms with van der Waals surface area (Å²) in [7, 11) is 3.12. The number of rotatable bonds is 7. The Morgan fingerprint density at radius 3 is 2.37 bits per heavy atom. The molecule has 0 aromatic heterocycles. The van der Waals surface area contributed by atoms with Gasteiger partial charge >= 0.3 is 12.0 Å². The standard InChI is InChI=1S/C13H24N2O4/c1-9(11-5-6-11)15(7-8-19-4)13(18)14(3)10(2)12(16)17/h9-11H,5-8H2,1-4H3,(H,16,17). The number of hydrogen-bond donors (Lipinski definition) is 1. The first kappa shape index (κ1) is 15.8. The van der Waals surface area contributed by atoms with E-state index in [-0.39, 0.29) is 12.1 Å². The molecule has 1 rings (SSSR count). The molecule has 2 amide bonds. The Morgan fingerprint density at radius 1 is 1.37 bits per heavy atom. The van der Waals surface area contributed by atoms with E-state index in [2.05, 4.69) is 0 Å². The molecule has 1 N–H and O–H groups in total. The van der Waals surface area contributed by atoms with E-state index in [0.717, 1.165) is 12.8 Å². The molecule has 19 heavy (non-hydrogen) atoms. The van der Waals surface area contributed by atoms with E-state index in [1.54, 1.807) is 12.0 Å². The highest BCUT2D eigenvalue weighted by Gasteiger charge is 2.36. The average Bonchev–Trinajstić information content (AvgIpc) is 3.20. The molecule has 1 fully saturated rings. The molecule has 2 unspecified atom stereocenters. The van der Waals surface area contributed by atoms with Gasteiger partial charge in [-0.25, -0.2) is 9.59 Å². The van der Waals surface area contributed by atoms with E-state index in [4.69, 9.17) is 9.84 Å². The van der Waals surface area contributed by atoms with Crippen LogP contribution in [0.3, 0.4) is 0 Å². The second kappa shape index (κ2) is 6.75. The van der Waals surface area contributed by atoms with Crippen LogP contribution in [0.15, 0.2) is 0 Å². The number of hydrogen-bond acceptors (Lipinski definition) is 3. The fourth-order valence-corrected chi connectivity index (χ4v) is 2.03. The summed E-state index contributed by atoms with van der Waals surface area (Å²) in [5.41, 5.74) is 0. The van der Waals surface area contributed by atoms with Crippen molar-refractivity contribution in [1.29, 1.82) is 0 Å². The van der Waals surface area contributed by atoms with E-state index in [1.807, 2.05) is 6.92 Å². The molecule has 0 heterocycles. The zero-order valence-corrected chi connectivity index (χ0v) is 12.1.